The van der Waals surface area contributed by atoms with Gasteiger partial charge in [0.15, 0.2) is 5.82 Å². The molecule has 2 unspecified atom stereocenters. The lowest BCUT2D eigenvalue weighted by atomic mass is 10.0. The van der Waals surface area contributed by atoms with Gasteiger partial charge in [-0.2, -0.15) is 5.10 Å². The number of aliphatic imine (C=N–C) groups is 1. The van der Waals surface area contributed by atoms with Crippen LogP contribution in [0.1, 0.15) is 32.9 Å². The van der Waals surface area contributed by atoms with Crippen LogP contribution in [0, 0.1) is 5.92 Å². The van der Waals surface area contributed by atoms with E-state index >= 15 is 0 Å². The third kappa shape index (κ3) is 3.93. The maximum Gasteiger partial charge on any atom is 0.154 e. The van der Waals surface area contributed by atoms with Gasteiger partial charge in [0.25, 0.3) is 0 Å². The lowest BCUT2D eigenvalue weighted by Crippen LogP contribution is -2.49. The molecule has 0 aliphatic carbocycles. The van der Waals surface area contributed by atoms with Gasteiger partial charge in [0, 0.05) is 24.3 Å². The zero-order valence-electron chi connectivity index (χ0n) is 16.0. The second-order valence-corrected chi connectivity index (χ2v) is 7.15. The summed E-state index contributed by atoms with van der Waals surface area (Å²) in [4.78, 5) is 4.83. The van der Waals surface area contributed by atoms with Crippen molar-refractivity contribution in [2.75, 3.05) is 25.0 Å². The van der Waals surface area contributed by atoms with Gasteiger partial charge >= 0.3 is 0 Å². The molecule has 0 bridgehead atoms. The predicted octanol–water partition coefficient (Wildman–Crippen LogP) is 2.91. The fourth-order valence-electron chi connectivity index (χ4n) is 3.72. The average Bonchev–Trinajstić information content (AvgIpc) is 3.16. The zero-order chi connectivity index (χ0) is 18.6. The Morgan fingerprint density at radius 1 is 1.22 bits per heavy atom. The Balaban J connectivity index is 1.52. The highest BCUT2D eigenvalue weighted by atomic mass is 16.5. The number of anilines is 1. The number of hydrogen-bond donors (Lipinski definition) is 3. The number of rotatable bonds is 5. The molecule has 1 aromatic heterocycles. The number of nitrogens with one attached hydrogen (secondary N) is 3. The molecule has 2 aromatic rings. The minimum atomic E-state index is 0.00416. The topological polar surface area (TPSA) is 75.5 Å². The van der Waals surface area contributed by atoms with Crippen LogP contribution >= 0.6 is 0 Å². The molecule has 0 amide bonds. The van der Waals surface area contributed by atoms with Crippen LogP contribution in [0.15, 0.2) is 41.5 Å². The Morgan fingerprint density at radius 3 is 2.81 bits per heavy atom. The van der Waals surface area contributed by atoms with Crippen molar-refractivity contribution in [2.24, 2.45) is 10.9 Å². The van der Waals surface area contributed by atoms with Crippen LogP contribution in [0.4, 0.5) is 11.5 Å². The predicted molar refractivity (Wildman–Crippen MR) is 108 cm³/mol. The smallest absolute Gasteiger partial charge is 0.154 e. The van der Waals surface area contributed by atoms with Crippen molar-refractivity contribution in [1.82, 2.24) is 20.4 Å². The van der Waals surface area contributed by atoms with Crippen LogP contribution in [0.3, 0.4) is 0 Å². The summed E-state index contributed by atoms with van der Waals surface area (Å²) in [6.45, 7) is 6.95. The average molecular weight is 368 g/mol. The number of fused-ring (bicyclic) bond motifs is 1. The number of benzene rings is 1. The van der Waals surface area contributed by atoms with Gasteiger partial charge in [0.2, 0.25) is 0 Å². The molecule has 7 nitrogen and oxygen atoms in total. The normalized spacial score (nSPS) is 24.7. The first-order chi connectivity index (χ1) is 13.2. The summed E-state index contributed by atoms with van der Waals surface area (Å²) in [6, 6.07) is 10.5. The van der Waals surface area contributed by atoms with Crippen molar-refractivity contribution in [3.8, 4) is 5.75 Å². The van der Waals surface area contributed by atoms with E-state index in [0.717, 1.165) is 36.2 Å². The first-order valence-electron chi connectivity index (χ1n) is 9.83. The highest BCUT2D eigenvalue weighted by Gasteiger charge is 2.31. The van der Waals surface area contributed by atoms with E-state index in [1.54, 1.807) is 0 Å². The van der Waals surface area contributed by atoms with E-state index in [1.807, 2.05) is 48.1 Å². The maximum atomic E-state index is 5.54. The Bertz CT molecular complexity index is 778. The third-order valence-corrected chi connectivity index (χ3v) is 5.18. The lowest BCUT2D eigenvalue weighted by Gasteiger charge is -2.34. The van der Waals surface area contributed by atoms with Crippen molar-refractivity contribution in [3.63, 3.8) is 0 Å². The van der Waals surface area contributed by atoms with Gasteiger partial charge in [0.05, 0.1) is 18.7 Å². The molecule has 1 saturated heterocycles. The highest BCUT2D eigenvalue weighted by Crippen LogP contribution is 2.32. The first-order valence-corrected chi connectivity index (χ1v) is 9.83. The summed E-state index contributed by atoms with van der Waals surface area (Å²) in [6.07, 6.45) is 4.19. The van der Waals surface area contributed by atoms with E-state index in [2.05, 4.69) is 28.0 Å². The van der Waals surface area contributed by atoms with Crippen LogP contribution in [-0.2, 0) is 0 Å². The quantitative estimate of drug-likeness (QED) is 0.757. The number of ether oxygens (including phenoxy) is 1. The zero-order valence-corrected chi connectivity index (χ0v) is 16.0. The minimum Gasteiger partial charge on any atom is -0.494 e. The molecule has 144 valence electrons. The van der Waals surface area contributed by atoms with Gasteiger partial charge in [-0.25, -0.2) is 9.67 Å². The monoisotopic (exact) mass is 368 g/mol. The van der Waals surface area contributed by atoms with Crippen molar-refractivity contribution in [2.45, 2.75) is 38.9 Å². The Labute approximate surface area is 160 Å². The first kappa shape index (κ1) is 17.9. The molecule has 4 rings (SSSR count). The molecular formula is C20H28N6O. The molecule has 1 fully saturated rings. The standard InChI is InChI=1S/C20H28N6O/c1-3-27-17-8-6-15(7-9-17)24-20-14(2)19(23-16-5-4-11-21-13-16)25-18-10-12-22-26(18)20/h6-10,12,14,16,20-21,24H,3-5,11,13H2,1-2H3,(H,23,25)/t14?,16-,20?/m0/s1. The van der Waals surface area contributed by atoms with Gasteiger partial charge in [-0.15, -0.1) is 0 Å². The van der Waals surface area contributed by atoms with Crippen molar-refractivity contribution < 1.29 is 4.74 Å². The third-order valence-electron chi connectivity index (χ3n) is 5.18. The fraction of sp³-hybridized carbons (Fsp3) is 0.500. The van der Waals surface area contributed by atoms with Crippen molar-refractivity contribution in [1.29, 1.82) is 0 Å². The van der Waals surface area contributed by atoms with E-state index in [-0.39, 0.29) is 12.1 Å². The van der Waals surface area contributed by atoms with Crippen LogP contribution in [0.5, 0.6) is 5.75 Å². The van der Waals surface area contributed by atoms with Gasteiger partial charge in [-0.05, 0) is 50.6 Å². The molecule has 2 aliphatic rings. The number of nitrogens with zero attached hydrogens (tertiary/aromatic N) is 3. The van der Waals surface area contributed by atoms with Crippen molar-refractivity contribution >= 4 is 17.3 Å². The minimum absolute atomic E-state index is 0.00416. The maximum absolute atomic E-state index is 5.54. The molecule has 27 heavy (non-hydrogen) atoms. The summed E-state index contributed by atoms with van der Waals surface area (Å²) in [5.41, 5.74) is 1.04. The molecule has 0 spiro atoms. The second kappa shape index (κ2) is 8.00. The second-order valence-electron chi connectivity index (χ2n) is 7.15. The molecule has 0 saturated carbocycles. The number of amidine groups is 1. The van der Waals surface area contributed by atoms with E-state index in [0.29, 0.717) is 12.6 Å². The molecule has 7 heteroatoms. The Morgan fingerprint density at radius 2 is 2.07 bits per heavy atom. The summed E-state index contributed by atoms with van der Waals surface area (Å²) >= 11 is 0. The number of aromatic nitrogens is 2. The lowest BCUT2D eigenvalue weighted by molar-refractivity contribution is 0.340. The summed E-state index contributed by atoms with van der Waals surface area (Å²) in [5.74, 6) is 2.96. The Kier molecular flexibility index (Phi) is 5.29. The van der Waals surface area contributed by atoms with Crippen LogP contribution in [0.25, 0.3) is 0 Å². The van der Waals surface area contributed by atoms with E-state index < -0.39 is 0 Å². The summed E-state index contributed by atoms with van der Waals surface area (Å²) < 4.78 is 7.50. The molecule has 3 N–H and O–H groups in total. The van der Waals surface area contributed by atoms with E-state index in [1.165, 1.54) is 12.8 Å². The fourth-order valence-corrected chi connectivity index (χ4v) is 3.72. The highest BCUT2D eigenvalue weighted by molar-refractivity contribution is 5.88. The van der Waals surface area contributed by atoms with Crippen LogP contribution in [-0.4, -0.2) is 41.4 Å². The van der Waals surface area contributed by atoms with Crippen LogP contribution in [0.2, 0.25) is 0 Å². The number of hydrogen-bond acceptors (Lipinski definition) is 6. The van der Waals surface area contributed by atoms with E-state index in [4.69, 9.17) is 9.73 Å². The van der Waals surface area contributed by atoms with E-state index in [9.17, 15) is 0 Å². The Hall–Kier alpha value is -2.54. The van der Waals surface area contributed by atoms with Crippen LogP contribution < -0.4 is 20.7 Å². The summed E-state index contributed by atoms with van der Waals surface area (Å²) in [7, 11) is 0. The number of piperidine rings is 1. The molecule has 1 aromatic carbocycles. The molecule has 0 radical (unpaired) electrons. The molecule has 2 aliphatic heterocycles. The summed E-state index contributed by atoms with van der Waals surface area (Å²) in [5, 5.41) is 15.2. The van der Waals surface area contributed by atoms with Gasteiger partial charge in [0.1, 0.15) is 17.8 Å². The molecular weight excluding hydrogens is 340 g/mol. The van der Waals surface area contributed by atoms with Gasteiger partial charge < -0.3 is 20.7 Å². The molecule has 3 heterocycles. The largest absolute Gasteiger partial charge is 0.494 e. The van der Waals surface area contributed by atoms with Gasteiger partial charge in [-0.1, -0.05) is 6.92 Å². The van der Waals surface area contributed by atoms with Crippen molar-refractivity contribution in [3.05, 3.63) is 36.5 Å². The SMILES string of the molecule is CCOc1ccc(NC2C(C)C(N[C@H]3CCCNC3)=Nc3ccnn32)cc1. The van der Waals surface area contributed by atoms with Gasteiger partial charge in [-0.3, -0.25) is 0 Å². The molecule has 3 atom stereocenters.